The lowest BCUT2D eigenvalue weighted by atomic mass is 9.63. The van der Waals surface area contributed by atoms with Crippen LogP contribution in [0.25, 0.3) is 0 Å². The number of β-lactam (4-membered cyclic amide) rings is 1. The van der Waals surface area contributed by atoms with Crippen molar-refractivity contribution < 1.29 is 18.1 Å². The third-order valence-electron chi connectivity index (χ3n) is 5.92. The molecule has 7 nitrogen and oxygen atoms in total. The zero-order valence-corrected chi connectivity index (χ0v) is 18.6. The van der Waals surface area contributed by atoms with Crippen LogP contribution in [0.1, 0.15) is 30.5 Å². The minimum Gasteiger partial charge on any atom is -0.273 e. The van der Waals surface area contributed by atoms with Gasteiger partial charge >= 0.3 is 0 Å². The molecule has 1 fully saturated rings. The van der Waals surface area contributed by atoms with E-state index in [2.05, 4.69) is 0 Å². The zero-order valence-electron chi connectivity index (χ0n) is 17.0. The summed E-state index contributed by atoms with van der Waals surface area (Å²) in [4.78, 5) is 23.7. The highest BCUT2D eigenvalue weighted by Gasteiger charge is 2.65. The van der Waals surface area contributed by atoms with Gasteiger partial charge in [-0.25, -0.2) is 12.7 Å². The minimum atomic E-state index is -4.26. The molecule has 0 bridgehead atoms. The van der Waals surface area contributed by atoms with Crippen LogP contribution in [0.4, 0.5) is 5.69 Å². The minimum absolute atomic E-state index is 0.187. The summed E-state index contributed by atoms with van der Waals surface area (Å²) < 4.78 is 27.9. The largest absolute Gasteiger partial charge is 0.273 e. The lowest BCUT2D eigenvalue weighted by Gasteiger charge is -2.55. The predicted octanol–water partition coefficient (Wildman–Crippen LogP) is 4.87. The van der Waals surface area contributed by atoms with Crippen LogP contribution in [0.3, 0.4) is 0 Å². The first-order valence-corrected chi connectivity index (χ1v) is 11.7. The Morgan fingerprint density at radius 3 is 2.12 bits per heavy atom. The SMILES string of the molecule is CC[C@@]1(c2ccccc2)C(=O)N(S(=O)(=O)c2ccc([N+](=O)[O-])cc2)[C@H]1c1ccc(Cl)cc1. The van der Waals surface area contributed by atoms with Gasteiger partial charge in [0.15, 0.2) is 0 Å². The van der Waals surface area contributed by atoms with Gasteiger partial charge in [0.25, 0.3) is 15.7 Å². The Labute approximate surface area is 190 Å². The van der Waals surface area contributed by atoms with Crippen molar-refractivity contribution in [3.05, 3.63) is 105 Å². The van der Waals surface area contributed by atoms with Gasteiger partial charge in [-0.15, -0.1) is 0 Å². The standard InChI is InChI=1S/C23H19ClN2O5S/c1-2-23(17-6-4-3-5-7-17)21(16-8-10-18(24)11-9-16)25(22(23)27)32(30,31)20-14-12-19(13-15-20)26(28)29/h3-15,21H,2H2,1H3/t21-,23-/m0/s1. The van der Waals surface area contributed by atoms with Gasteiger partial charge in [0.2, 0.25) is 5.91 Å². The lowest BCUT2D eigenvalue weighted by Crippen LogP contribution is -2.67. The second kappa shape index (κ2) is 8.03. The molecule has 3 aromatic carbocycles. The highest BCUT2D eigenvalue weighted by Crippen LogP contribution is 2.56. The maximum absolute atomic E-state index is 13.6. The predicted molar refractivity (Wildman–Crippen MR) is 120 cm³/mol. The zero-order chi connectivity index (χ0) is 23.1. The van der Waals surface area contributed by atoms with Crippen LogP contribution in [0.2, 0.25) is 5.02 Å². The summed E-state index contributed by atoms with van der Waals surface area (Å²) in [6.07, 6.45) is 0.384. The van der Waals surface area contributed by atoms with E-state index in [4.69, 9.17) is 11.6 Å². The molecule has 0 aliphatic carbocycles. The molecule has 1 heterocycles. The summed E-state index contributed by atoms with van der Waals surface area (Å²) in [6, 6.07) is 19.6. The van der Waals surface area contributed by atoms with Gasteiger partial charge in [-0.2, -0.15) is 0 Å². The number of amides is 1. The summed E-state index contributed by atoms with van der Waals surface area (Å²) in [5.74, 6) is -0.537. The molecule has 3 aromatic rings. The van der Waals surface area contributed by atoms with Crippen LogP contribution in [-0.4, -0.2) is 23.6 Å². The number of nitrogens with zero attached hydrogens (tertiary/aromatic N) is 2. The normalized spacial score (nSPS) is 20.6. The number of hydrogen-bond acceptors (Lipinski definition) is 5. The van der Waals surface area contributed by atoms with Crippen molar-refractivity contribution in [2.24, 2.45) is 0 Å². The second-order valence-corrected chi connectivity index (χ2v) is 9.75. The second-order valence-electron chi connectivity index (χ2n) is 7.50. The van der Waals surface area contributed by atoms with E-state index in [1.54, 1.807) is 24.3 Å². The fraction of sp³-hybridized carbons (Fsp3) is 0.174. The topological polar surface area (TPSA) is 97.6 Å². The van der Waals surface area contributed by atoms with E-state index in [-0.39, 0.29) is 10.6 Å². The Hall–Kier alpha value is -3.23. The smallest absolute Gasteiger partial charge is 0.269 e. The molecular weight excluding hydrogens is 452 g/mol. The van der Waals surface area contributed by atoms with Crippen molar-refractivity contribution in [1.82, 2.24) is 4.31 Å². The Morgan fingerprint density at radius 1 is 1.00 bits per heavy atom. The number of halogens is 1. The van der Waals surface area contributed by atoms with Crippen molar-refractivity contribution in [3.63, 3.8) is 0 Å². The number of carbonyl (C=O) groups is 1. The van der Waals surface area contributed by atoms with Gasteiger partial charge in [-0.05, 0) is 41.8 Å². The molecule has 9 heteroatoms. The average molecular weight is 471 g/mol. The van der Waals surface area contributed by atoms with Gasteiger partial charge < -0.3 is 0 Å². The molecule has 1 aliphatic rings. The average Bonchev–Trinajstić information content (AvgIpc) is 2.79. The van der Waals surface area contributed by atoms with Crippen LogP contribution in [0.5, 0.6) is 0 Å². The highest BCUT2D eigenvalue weighted by molar-refractivity contribution is 7.89. The number of non-ortho nitro benzene ring substituents is 1. The third kappa shape index (κ3) is 3.27. The molecular formula is C23H19ClN2O5S. The van der Waals surface area contributed by atoms with Gasteiger partial charge in [-0.3, -0.25) is 14.9 Å². The van der Waals surface area contributed by atoms with Crippen LogP contribution in [-0.2, 0) is 20.2 Å². The van der Waals surface area contributed by atoms with E-state index in [9.17, 15) is 23.3 Å². The molecule has 1 saturated heterocycles. The van der Waals surface area contributed by atoms with Crippen LogP contribution in [0.15, 0.2) is 83.8 Å². The van der Waals surface area contributed by atoms with Crippen molar-refractivity contribution in [2.45, 2.75) is 29.7 Å². The maximum atomic E-state index is 13.6. The number of nitro benzene ring substituents is 1. The molecule has 1 amide bonds. The van der Waals surface area contributed by atoms with Gasteiger partial charge in [0.05, 0.1) is 15.9 Å². The first kappa shape index (κ1) is 22.0. The molecule has 4 rings (SSSR count). The molecule has 1 aliphatic heterocycles. The summed E-state index contributed by atoms with van der Waals surface area (Å²) in [5, 5.41) is 11.4. The molecule has 0 spiro atoms. The molecule has 32 heavy (non-hydrogen) atoms. The molecule has 0 aromatic heterocycles. The molecule has 164 valence electrons. The fourth-order valence-electron chi connectivity index (χ4n) is 4.30. The quantitative estimate of drug-likeness (QED) is 0.291. The van der Waals surface area contributed by atoms with Gasteiger partial charge in [0.1, 0.15) is 5.41 Å². The van der Waals surface area contributed by atoms with Crippen molar-refractivity contribution in [1.29, 1.82) is 0 Å². The fourth-order valence-corrected chi connectivity index (χ4v) is 6.09. The molecule has 0 unspecified atom stereocenters. The van der Waals surface area contributed by atoms with Gasteiger partial charge in [0, 0.05) is 17.2 Å². The van der Waals surface area contributed by atoms with E-state index in [1.165, 1.54) is 0 Å². The Kier molecular flexibility index (Phi) is 5.52. The number of carbonyl (C=O) groups excluding carboxylic acids is 1. The van der Waals surface area contributed by atoms with E-state index in [0.717, 1.165) is 34.1 Å². The van der Waals surface area contributed by atoms with E-state index < -0.39 is 32.3 Å². The van der Waals surface area contributed by atoms with E-state index >= 15 is 0 Å². The van der Waals surface area contributed by atoms with E-state index in [1.807, 2.05) is 37.3 Å². The van der Waals surface area contributed by atoms with Crippen LogP contribution >= 0.6 is 11.6 Å². The summed E-state index contributed by atoms with van der Waals surface area (Å²) >= 11 is 6.04. The summed E-state index contributed by atoms with van der Waals surface area (Å²) in [6.45, 7) is 1.85. The maximum Gasteiger partial charge on any atom is 0.269 e. The highest BCUT2D eigenvalue weighted by atomic mass is 35.5. The Balaban J connectivity index is 1.86. The molecule has 2 atom stereocenters. The van der Waals surface area contributed by atoms with Gasteiger partial charge in [-0.1, -0.05) is 61.0 Å². The number of rotatable bonds is 6. The Morgan fingerprint density at radius 2 is 1.59 bits per heavy atom. The summed E-state index contributed by atoms with van der Waals surface area (Å²) in [7, 11) is -4.26. The van der Waals surface area contributed by atoms with Crippen LogP contribution in [0, 0.1) is 10.1 Å². The first-order chi connectivity index (χ1) is 15.2. The number of hydrogen-bond donors (Lipinski definition) is 0. The van der Waals surface area contributed by atoms with Crippen molar-refractivity contribution in [3.8, 4) is 0 Å². The van der Waals surface area contributed by atoms with E-state index in [0.29, 0.717) is 17.0 Å². The monoisotopic (exact) mass is 470 g/mol. The van der Waals surface area contributed by atoms with Crippen LogP contribution < -0.4 is 0 Å². The molecule has 0 radical (unpaired) electrons. The molecule has 0 N–H and O–H groups in total. The lowest BCUT2D eigenvalue weighted by molar-refractivity contribution is -0.384. The number of sulfonamides is 1. The van der Waals surface area contributed by atoms with Crippen molar-refractivity contribution in [2.75, 3.05) is 0 Å². The number of nitro groups is 1. The first-order valence-electron chi connectivity index (χ1n) is 9.88. The summed E-state index contributed by atoms with van der Waals surface area (Å²) in [5.41, 5.74) is 0.0521. The van der Waals surface area contributed by atoms with Crippen molar-refractivity contribution >= 4 is 33.2 Å². The molecule has 0 saturated carbocycles. The number of benzene rings is 3. The third-order valence-corrected chi connectivity index (χ3v) is 7.93. The Bertz CT molecular complexity index is 1280.